The fourth-order valence-electron chi connectivity index (χ4n) is 4.12. The van der Waals surface area contributed by atoms with Gasteiger partial charge >= 0.3 is 0 Å². The zero-order chi connectivity index (χ0) is 24.0. The maximum Gasteiger partial charge on any atom is 0.267 e. The van der Waals surface area contributed by atoms with Gasteiger partial charge in [0.15, 0.2) is 5.16 Å². The van der Waals surface area contributed by atoms with Crippen molar-refractivity contribution in [2.24, 2.45) is 5.10 Å². The molecule has 0 spiro atoms. The molecule has 5 rings (SSSR count). The van der Waals surface area contributed by atoms with Crippen LogP contribution < -0.4 is 11.0 Å². The molecule has 2 heterocycles. The zero-order valence-corrected chi connectivity index (χ0v) is 20.6. The lowest BCUT2D eigenvalue weighted by molar-refractivity contribution is -0.118. The van der Waals surface area contributed by atoms with E-state index in [1.165, 1.54) is 22.9 Å². The van der Waals surface area contributed by atoms with Crippen molar-refractivity contribution < 1.29 is 4.79 Å². The monoisotopic (exact) mass is 500 g/mol. The molecule has 0 saturated carbocycles. The molecule has 6 nitrogen and oxygen atoms in total. The average molecular weight is 501 g/mol. The molecule has 0 bridgehead atoms. The Kier molecular flexibility index (Phi) is 7.20. The molecule has 1 amide bonds. The summed E-state index contributed by atoms with van der Waals surface area (Å²) in [5.41, 5.74) is 5.43. The third-order valence-corrected chi connectivity index (χ3v) is 7.87. The molecule has 176 valence electrons. The van der Waals surface area contributed by atoms with Crippen LogP contribution >= 0.6 is 23.1 Å². The fraction of sp³-hybridized carbons (Fsp3) is 0.185. The van der Waals surface area contributed by atoms with Crippen molar-refractivity contribution in [3.63, 3.8) is 0 Å². The number of hydrogen-bond donors (Lipinski definition) is 1. The summed E-state index contributed by atoms with van der Waals surface area (Å²) in [5.74, 6) is -0.172. The quantitative estimate of drug-likeness (QED) is 0.163. The zero-order valence-electron chi connectivity index (χ0n) is 19.0. The number of aryl methyl sites for hydroxylation is 2. The van der Waals surface area contributed by atoms with E-state index >= 15 is 0 Å². The van der Waals surface area contributed by atoms with Gasteiger partial charge in [0.25, 0.3) is 11.5 Å². The van der Waals surface area contributed by atoms with E-state index in [4.69, 9.17) is 4.98 Å². The van der Waals surface area contributed by atoms with Crippen LogP contribution in [0.4, 0.5) is 0 Å². The second kappa shape index (κ2) is 10.8. The van der Waals surface area contributed by atoms with Gasteiger partial charge in [-0.05, 0) is 55.0 Å². The number of amides is 1. The van der Waals surface area contributed by atoms with Gasteiger partial charge < -0.3 is 0 Å². The molecule has 1 N–H and O–H groups in total. The number of carbonyl (C=O) groups excluding carboxylic acids is 1. The van der Waals surface area contributed by atoms with Crippen molar-refractivity contribution in [3.8, 4) is 5.69 Å². The van der Waals surface area contributed by atoms with Crippen molar-refractivity contribution in [1.82, 2.24) is 15.0 Å². The fourth-order valence-corrected chi connectivity index (χ4v) is 6.23. The lowest BCUT2D eigenvalue weighted by Crippen LogP contribution is -2.24. The van der Waals surface area contributed by atoms with Crippen LogP contribution in [0.15, 0.2) is 81.8 Å². The molecule has 1 aliphatic carbocycles. The Hall–Kier alpha value is -3.49. The summed E-state index contributed by atoms with van der Waals surface area (Å²) in [6.07, 6.45) is 9.38. The van der Waals surface area contributed by atoms with E-state index in [0.29, 0.717) is 5.16 Å². The highest BCUT2D eigenvalue weighted by atomic mass is 32.2. The van der Waals surface area contributed by atoms with Gasteiger partial charge in [-0.1, -0.05) is 66.4 Å². The molecule has 2 aromatic heterocycles. The van der Waals surface area contributed by atoms with Gasteiger partial charge in [-0.25, -0.2) is 10.4 Å². The molecular formula is C27H24N4O2S2. The third-order valence-electron chi connectivity index (χ3n) is 5.74. The Labute approximate surface area is 211 Å². The second-order valence-corrected chi connectivity index (χ2v) is 10.2. The van der Waals surface area contributed by atoms with Gasteiger partial charge in [0, 0.05) is 11.1 Å². The molecule has 1 aliphatic rings. The molecule has 0 aliphatic heterocycles. The number of benzene rings is 2. The summed E-state index contributed by atoms with van der Waals surface area (Å²) in [6, 6.07) is 19.3. The summed E-state index contributed by atoms with van der Waals surface area (Å²) < 4.78 is 1.63. The summed E-state index contributed by atoms with van der Waals surface area (Å²) in [6.45, 7) is 0. The number of aromatic nitrogens is 2. The number of fused-ring (bicyclic) bond motifs is 3. The number of carbonyl (C=O) groups is 1. The lowest BCUT2D eigenvalue weighted by Gasteiger charge is -2.13. The number of thioether (sulfide) groups is 1. The largest absolute Gasteiger partial charge is 0.272 e. The van der Waals surface area contributed by atoms with Crippen LogP contribution in [0.1, 0.15) is 28.8 Å². The molecule has 0 radical (unpaired) electrons. The van der Waals surface area contributed by atoms with Crippen LogP contribution in [0.2, 0.25) is 0 Å². The summed E-state index contributed by atoms with van der Waals surface area (Å²) in [5, 5.41) is 5.22. The van der Waals surface area contributed by atoms with Gasteiger partial charge in [-0.2, -0.15) is 5.10 Å². The maximum atomic E-state index is 13.7. The highest BCUT2D eigenvalue weighted by Crippen LogP contribution is 2.35. The molecule has 0 atom stereocenters. The predicted molar refractivity (Wildman–Crippen MR) is 145 cm³/mol. The minimum atomic E-state index is -0.265. The number of allylic oxidation sites excluding steroid dienone is 1. The van der Waals surface area contributed by atoms with Crippen molar-refractivity contribution in [2.45, 2.75) is 30.8 Å². The first-order valence-electron chi connectivity index (χ1n) is 11.5. The van der Waals surface area contributed by atoms with E-state index in [2.05, 4.69) is 10.5 Å². The molecule has 0 saturated heterocycles. The number of nitrogens with one attached hydrogen (secondary N) is 1. The van der Waals surface area contributed by atoms with Crippen LogP contribution in [0, 0.1) is 0 Å². The molecule has 4 aromatic rings. The Balaban J connectivity index is 1.35. The highest BCUT2D eigenvalue weighted by Gasteiger charge is 2.23. The van der Waals surface area contributed by atoms with Crippen molar-refractivity contribution in [1.29, 1.82) is 0 Å². The maximum absolute atomic E-state index is 13.7. The van der Waals surface area contributed by atoms with Crippen LogP contribution in [0.25, 0.3) is 22.0 Å². The molecular weight excluding hydrogens is 476 g/mol. The third kappa shape index (κ3) is 5.28. The minimum Gasteiger partial charge on any atom is -0.272 e. The van der Waals surface area contributed by atoms with Crippen LogP contribution in [-0.4, -0.2) is 27.4 Å². The highest BCUT2D eigenvalue weighted by molar-refractivity contribution is 7.99. The van der Waals surface area contributed by atoms with Crippen molar-refractivity contribution in [3.05, 3.63) is 93.1 Å². The van der Waals surface area contributed by atoms with Crippen molar-refractivity contribution >= 4 is 51.5 Å². The normalized spacial score (nSPS) is 13.5. The summed E-state index contributed by atoms with van der Waals surface area (Å²) in [7, 11) is 0. The Morgan fingerprint density at radius 1 is 1.09 bits per heavy atom. The van der Waals surface area contributed by atoms with Crippen LogP contribution in [0.3, 0.4) is 0 Å². The molecule has 0 fully saturated rings. The number of nitrogens with zero attached hydrogens (tertiary/aromatic N) is 3. The number of hydrazone groups is 1. The SMILES string of the molecule is O=C(CSc1nc2sc3c(c2c(=O)n1-c1ccccc1)CCCC3)N/N=C/C=C/c1ccccc1. The van der Waals surface area contributed by atoms with Crippen molar-refractivity contribution in [2.75, 3.05) is 5.75 Å². The molecule has 8 heteroatoms. The van der Waals surface area contributed by atoms with Crippen LogP contribution in [-0.2, 0) is 17.6 Å². The number of hydrogen-bond acceptors (Lipinski definition) is 6. The smallest absolute Gasteiger partial charge is 0.267 e. The molecule has 2 aromatic carbocycles. The molecule has 35 heavy (non-hydrogen) atoms. The van der Waals surface area contributed by atoms with Crippen LogP contribution in [0.5, 0.6) is 0 Å². The van der Waals surface area contributed by atoms with E-state index in [1.54, 1.807) is 22.0 Å². The number of thiophene rings is 1. The first-order chi connectivity index (χ1) is 17.2. The van der Waals surface area contributed by atoms with Gasteiger partial charge in [0.1, 0.15) is 4.83 Å². The second-order valence-electron chi connectivity index (χ2n) is 8.13. The Bertz CT molecular complexity index is 1460. The Morgan fingerprint density at radius 3 is 2.63 bits per heavy atom. The van der Waals surface area contributed by atoms with E-state index < -0.39 is 0 Å². The summed E-state index contributed by atoms with van der Waals surface area (Å²) >= 11 is 2.85. The van der Waals surface area contributed by atoms with Gasteiger partial charge in [-0.3, -0.25) is 14.2 Å². The van der Waals surface area contributed by atoms with E-state index in [-0.39, 0.29) is 17.2 Å². The van der Waals surface area contributed by atoms with Gasteiger partial charge in [-0.15, -0.1) is 11.3 Å². The summed E-state index contributed by atoms with van der Waals surface area (Å²) in [4.78, 5) is 33.0. The minimum absolute atomic E-state index is 0.0624. The standard InChI is InChI=1S/C27H24N4O2S2/c32-23(30-28-17-9-12-19-10-3-1-4-11-19)18-34-27-29-25-24(21-15-7-8-16-22(21)35-25)26(33)31(27)20-13-5-2-6-14-20/h1-6,9-14,17H,7-8,15-16,18H2,(H,30,32)/b12-9+,28-17+. The predicted octanol–water partition coefficient (Wildman–Crippen LogP) is 5.23. The first kappa shape index (κ1) is 23.3. The lowest BCUT2D eigenvalue weighted by atomic mass is 9.97. The number of para-hydroxylation sites is 1. The van der Waals surface area contributed by atoms with E-state index in [0.717, 1.165) is 52.7 Å². The first-order valence-corrected chi connectivity index (χ1v) is 13.3. The van der Waals surface area contributed by atoms with E-state index in [9.17, 15) is 9.59 Å². The van der Waals surface area contributed by atoms with E-state index in [1.807, 2.05) is 66.7 Å². The Morgan fingerprint density at radius 2 is 1.83 bits per heavy atom. The van der Waals surface area contributed by atoms with Gasteiger partial charge in [0.2, 0.25) is 0 Å². The topological polar surface area (TPSA) is 76.3 Å². The average Bonchev–Trinajstić information content (AvgIpc) is 3.27. The molecule has 0 unspecified atom stereocenters. The van der Waals surface area contributed by atoms with Gasteiger partial charge in [0.05, 0.1) is 16.8 Å². The number of rotatable bonds is 7.